The molecule has 132 valence electrons. The van der Waals surface area contributed by atoms with Crippen LogP contribution in [0.2, 0.25) is 0 Å². The van der Waals surface area contributed by atoms with E-state index in [9.17, 15) is 9.59 Å². The summed E-state index contributed by atoms with van der Waals surface area (Å²) in [5, 5.41) is 3.08. The van der Waals surface area contributed by atoms with E-state index < -0.39 is 0 Å². The number of nitrogens with two attached hydrogens (primary N) is 1. The molecule has 1 heterocycles. The summed E-state index contributed by atoms with van der Waals surface area (Å²) < 4.78 is 0. The molecule has 1 atom stereocenters. The Morgan fingerprint density at radius 1 is 1.25 bits per heavy atom. The Kier molecular flexibility index (Phi) is 6.75. The number of carbonyl (C=O) groups excluding carboxylic acids is 2. The van der Waals surface area contributed by atoms with Crippen molar-refractivity contribution in [1.82, 2.24) is 15.1 Å². The lowest BCUT2D eigenvalue weighted by atomic mass is 10.0. The van der Waals surface area contributed by atoms with Gasteiger partial charge in [-0.05, 0) is 18.4 Å². The second kappa shape index (κ2) is 8.80. The molecule has 3 N–H and O–H groups in total. The van der Waals surface area contributed by atoms with Crippen LogP contribution in [0.1, 0.15) is 30.9 Å². The highest BCUT2D eigenvalue weighted by atomic mass is 16.2. The van der Waals surface area contributed by atoms with Gasteiger partial charge in [0.15, 0.2) is 0 Å². The summed E-state index contributed by atoms with van der Waals surface area (Å²) in [6, 6.07) is 9.58. The quantitative estimate of drug-likeness (QED) is 0.806. The average molecular weight is 332 g/mol. The Hall–Kier alpha value is -1.92. The van der Waals surface area contributed by atoms with Gasteiger partial charge in [0.1, 0.15) is 0 Å². The zero-order chi connectivity index (χ0) is 17.5. The third-order valence-electron chi connectivity index (χ3n) is 4.44. The SMILES string of the molecule is CN(C)C(=O)CN1CCC(NC(=O)CC(N)c2ccccc2)CC1. The van der Waals surface area contributed by atoms with Crippen molar-refractivity contribution >= 4 is 11.8 Å². The van der Waals surface area contributed by atoms with E-state index in [0.717, 1.165) is 31.5 Å². The first kappa shape index (κ1) is 18.4. The highest BCUT2D eigenvalue weighted by Crippen LogP contribution is 2.15. The van der Waals surface area contributed by atoms with Gasteiger partial charge in [0.25, 0.3) is 0 Å². The first-order valence-corrected chi connectivity index (χ1v) is 8.48. The van der Waals surface area contributed by atoms with Gasteiger partial charge >= 0.3 is 0 Å². The molecule has 2 rings (SSSR count). The fourth-order valence-corrected chi connectivity index (χ4v) is 2.87. The molecule has 24 heavy (non-hydrogen) atoms. The van der Waals surface area contributed by atoms with E-state index in [4.69, 9.17) is 5.73 Å². The molecule has 0 spiro atoms. The second-order valence-electron chi connectivity index (χ2n) is 6.63. The van der Waals surface area contributed by atoms with Crippen LogP contribution in [0.5, 0.6) is 0 Å². The molecule has 1 unspecified atom stereocenters. The van der Waals surface area contributed by atoms with E-state index in [0.29, 0.717) is 13.0 Å². The molecule has 2 amide bonds. The topological polar surface area (TPSA) is 78.7 Å². The molecule has 6 nitrogen and oxygen atoms in total. The number of carbonyl (C=O) groups is 2. The lowest BCUT2D eigenvalue weighted by molar-refractivity contribution is -0.130. The molecule has 0 aliphatic carbocycles. The number of hydrogen-bond acceptors (Lipinski definition) is 4. The largest absolute Gasteiger partial charge is 0.353 e. The zero-order valence-electron chi connectivity index (χ0n) is 14.6. The normalized spacial score (nSPS) is 17.3. The minimum atomic E-state index is -0.274. The van der Waals surface area contributed by atoms with Crippen LogP contribution in [0.15, 0.2) is 30.3 Å². The van der Waals surface area contributed by atoms with Crippen molar-refractivity contribution in [3.8, 4) is 0 Å². The molecule has 1 saturated heterocycles. The molecule has 1 aliphatic heterocycles. The van der Waals surface area contributed by atoms with Crippen LogP contribution in [0.3, 0.4) is 0 Å². The highest BCUT2D eigenvalue weighted by molar-refractivity contribution is 5.78. The maximum absolute atomic E-state index is 12.2. The summed E-state index contributed by atoms with van der Waals surface area (Å²) in [6.45, 7) is 2.11. The van der Waals surface area contributed by atoms with Gasteiger partial charge in [0.05, 0.1) is 6.54 Å². The van der Waals surface area contributed by atoms with Gasteiger partial charge in [-0.1, -0.05) is 30.3 Å². The standard InChI is InChI=1S/C18H28N4O2/c1-21(2)18(24)13-22-10-8-15(9-11-22)20-17(23)12-16(19)14-6-4-3-5-7-14/h3-7,15-16H,8-13,19H2,1-2H3,(H,20,23). The highest BCUT2D eigenvalue weighted by Gasteiger charge is 2.23. The molecule has 0 radical (unpaired) electrons. The van der Waals surface area contributed by atoms with Crippen LogP contribution in [-0.4, -0.2) is 61.4 Å². The molecule has 1 aromatic rings. The van der Waals surface area contributed by atoms with Gasteiger partial charge in [-0.25, -0.2) is 0 Å². The number of rotatable bonds is 6. The van der Waals surface area contributed by atoms with Crippen molar-refractivity contribution in [2.75, 3.05) is 33.7 Å². The predicted octanol–water partition coefficient (Wildman–Crippen LogP) is 0.745. The number of benzene rings is 1. The Labute approximate surface area is 144 Å². The van der Waals surface area contributed by atoms with Crippen molar-refractivity contribution in [3.05, 3.63) is 35.9 Å². The summed E-state index contributed by atoms with van der Waals surface area (Å²) in [6.07, 6.45) is 2.03. The van der Waals surface area contributed by atoms with Crippen LogP contribution in [0, 0.1) is 0 Å². The first-order valence-electron chi connectivity index (χ1n) is 8.48. The van der Waals surface area contributed by atoms with Gasteiger partial charge in [-0.2, -0.15) is 0 Å². The van der Waals surface area contributed by atoms with E-state index in [1.165, 1.54) is 0 Å². The maximum atomic E-state index is 12.2. The van der Waals surface area contributed by atoms with Crippen molar-refractivity contribution in [3.63, 3.8) is 0 Å². The number of likely N-dealkylation sites (tertiary alicyclic amines) is 1. The van der Waals surface area contributed by atoms with Gasteiger partial charge in [-0.3, -0.25) is 14.5 Å². The van der Waals surface area contributed by atoms with E-state index in [2.05, 4.69) is 10.2 Å². The van der Waals surface area contributed by atoms with Crippen molar-refractivity contribution in [2.45, 2.75) is 31.3 Å². The Morgan fingerprint density at radius 3 is 2.46 bits per heavy atom. The first-order chi connectivity index (χ1) is 11.5. The fraction of sp³-hybridized carbons (Fsp3) is 0.556. The summed E-state index contributed by atoms with van der Waals surface area (Å²) in [5.41, 5.74) is 7.07. The van der Waals surface area contributed by atoms with E-state index in [1.807, 2.05) is 30.3 Å². The summed E-state index contributed by atoms with van der Waals surface area (Å²) >= 11 is 0. The average Bonchev–Trinajstić information content (AvgIpc) is 2.57. The van der Waals surface area contributed by atoms with Crippen molar-refractivity contribution in [2.24, 2.45) is 5.73 Å². The predicted molar refractivity (Wildman–Crippen MR) is 94.3 cm³/mol. The van der Waals surface area contributed by atoms with Crippen LogP contribution in [-0.2, 0) is 9.59 Å². The lowest BCUT2D eigenvalue weighted by Crippen LogP contribution is -2.47. The summed E-state index contributed by atoms with van der Waals surface area (Å²) in [5.74, 6) is 0.112. The van der Waals surface area contributed by atoms with Crippen molar-refractivity contribution < 1.29 is 9.59 Å². The minimum Gasteiger partial charge on any atom is -0.353 e. The van der Waals surface area contributed by atoms with Gasteiger partial charge in [-0.15, -0.1) is 0 Å². The van der Waals surface area contributed by atoms with E-state index in [-0.39, 0.29) is 23.9 Å². The molecule has 1 aliphatic rings. The second-order valence-corrected chi connectivity index (χ2v) is 6.63. The minimum absolute atomic E-state index is 0.00540. The third-order valence-corrected chi connectivity index (χ3v) is 4.44. The molecule has 0 bridgehead atoms. The molecular formula is C18H28N4O2. The maximum Gasteiger partial charge on any atom is 0.236 e. The van der Waals surface area contributed by atoms with Gasteiger partial charge in [0.2, 0.25) is 11.8 Å². The lowest BCUT2D eigenvalue weighted by Gasteiger charge is -2.32. The summed E-state index contributed by atoms with van der Waals surface area (Å²) in [7, 11) is 3.54. The third kappa shape index (κ3) is 5.62. The smallest absolute Gasteiger partial charge is 0.236 e. The van der Waals surface area contributed by atoms with Gasteiger partial charge in [0, 0.05) is 45.7 Å². The van der Waals surface area contributed by atoms with E-state index in [1.54, 1.807) is 19.0 Å². The van der Waals surface area contributed by atoms with Gasteiger partial charge < -0.3 is 16.0 Å². The number of amides is 2. The Bertz CT molecular complexity index is 539. The molecule has 0 saturated carbocycles. The molecule has 6 heteroatoms. The van der Waals surface area contributed by atoms with Crippen LogP contribution >= 0.6 is 0 Å². The fourth-order valence-electron chi connectivity index (χ4n) is 2.87. The van der Waals surface area contributed by atoms with Crippen molar-refractivity contribution in [1.29, 1.82) is 0 Å². The summed E-state index contributed by atoms with van der Waals surface area (Å²) in [4.78, 5) is 27.7. The number of likely N-dealkylation sites (N-methyl/N-ethyl adjacent to an activating group) is 1. The van der Waals surface area contributed by atoms with E-state index >= 15 is 0 Å². The molecule has 1 fully saturated rings. The monoisotopic (exact) mass is 332 g/mol. The zero-order valence-corrected chi connectivity index (χ0v) is 14.6. The number of nitrogens with one attached hydrogen (secondary N) is 1. The molecular weight excluding hydrogens is 304 g/mol. The number of piperidine rings is 1. The number of nitrogens with zero attached hydrogens (tertiary/aromatic N) is 2. The Balaban J connectivity index is 1.71. The van der Waals surface area contributed by atoms with Crippen LogP contribution < -0.4 is 11.1 Å². The molecule has 0 aromatic heterocycles. The molecule has 1 aromatic carbocycles. The van der Waals surface area contributed by atoms with Crippen LogP contribution in [0.25, 0.3) is 0 Å². The van der Waals surface area contributed by atoms with Crippen LogP contribution in [0.4, 0.5) is 0 Å². The number of hydrogen-bond donors (Lipinski definition) is 2. The Morgan fingerprint density at radius 2 is 1.88 bits per heavy atom.